The minimum absolute atomic E-state index is 0.290. The first-order chi connectivity index (χ1) is 15.5. The summed E-state index contributed by atoms with van der Waals surface area (Å²) in [7, 11) is 0. The van der Waals surface area contributed by atoms with Gasteiger partial charge in [0, 0.05) is 11.3 Å². The molecule has 0 saturated heterocycles. The highest BCUT2D eigenvalue weighted by Gasteiger charge is 2.09. The van der Waals surface area contributed by atoms with Crippen LogP contribution in [0.4, 0.5) is 5.69 Å². The van der Waals surface area contributed by atoms with E-state index < -0.39 is 11.8 Å². The van der Waals surface area contributed by atoms with Gasteiger partial charge in [0.05, 0.1) is 17.8 Å². The van der Waals surface area contributed by atoms with Gasteiger partial charge in [-0.2, -0.15) is 10.4 Å². The van der Waals surface area contributed by atoms with Gasteiger partial charge in [-0.1, -0.05) is 35.9 Å². The Morgan fingerprint density at radius 3 is 2.44 bits per heavy atom. The maximum absolute atomic E-state index is 11.9. The fraction of sp³-hybridized carbons (Fsp3) is 0.120. The third-order valence-corrected chi connectivity index (χ3v) is 4.47. The van der Waals surface area contributed by atoms with E-state index in [2.05, 4.69) is 21.9 Å². The molecular formula is C25H22N4O3. The summed E-state index contributed by atoms with van der Waals surface area (Å²) in [5, 5.41) is 15.7. The zero-order chi connectivity index (χ0) is 22.8. The van der Waals surface area contributed by atoms with Crippen LogP contribution in [0, 0.1) is 18.3 Å². The van der Waals surface area contributed by atoms with Crippen LogP contribution in [-0.2, 0) is 16.2 Å². The molecule has 0 bridgehead atoms. The summed E-state index contributed by atoms with van der Waals surface area (Å²) in [5.41, 5.74) is 6.20. The van der Waals surface area contributed by atoms with E-state index in [9.17, 15) is 9.59 Å². The van der Waals surface area contributed by atoms with Crippen LogP contribution in [0.3, 0.4) is 0 Å². The first-order valence-corrected chi connectivity index (χ1v) is 9.93. The third-order valence-electron chi connectivity index (χ3n) is 4.47. The number of nitrogens with one attached hydrogen (secondary N) is 2. The first kappa shape index (κ1) is 22.2. The second-order valence-corrected chi connectivity index (χ2v) is 7.01. The molecule has 0 aliphatic heterocycles. The Bertz CT molecular complexity index is 1150. The molecule has 2 amide bonds. The lowest BCUT2D eigenvalue weighted by Gasteiger charge is -2.07. The van der Waals surface area contributed by atoms with Gasteiger partial charge in [-0.3, -0.25) is 9.59 Å². The monoisotopic (exact) mass is 426 g/mol. The zero-order valence-electron chi connectivity index (χ0n) is 17.5. The first-order valence-electron chi connectivity index (χ1n) is 9.93. The lowest BCUT2D eigenvalue weighted by atomic mass is 10.1. The number of hydrogen-bond donors (Lipinski definition) is 2. The molecule has 7 nitrogen and oxygen atoms in total. The molecule has 7 heteroatoms. The minimum atomic E-state index is -0.512. The molecule has 0 aliphatic rings. The van der Waals surface area contributed by atoms with E-state index >= 15 is 0 Å². The Labute approximate surface area is 186 Å². The van der Waals surface area contributed by atoms with Gasteiger partial charge in [-0.05, 0) is 55.0 Å². The standard InChI is InChI=1S/C25H22N4O3/c1-18-6-10-22(11-7-18)28-24(30)14-25(31)29-27-16-19-8-12-23(13-9-19)32-17-21-5-3-2-4-20(21)15-26/h2-13,16H,14,17H2,1H3,(H,28,30)(H,29,31). The molecule has 0 radical (unpaired) electrons. The Hall–Kier alpha value is -4.44. The largest absolute Gasteiger partial charge is 0.489 e. The number of carbonyl (C=O) groups is 2. The molecule has 2 N–H and O–H groups in total. The number of ether oxygens (including phenoxy) is 1. The van der Waals surface area contributed by atoms with E-state index in [1.807, 2.05) is 37.3 Å². The Morgan fingerprint density at radius 2 is 1.72 bits per heavy atom. The number of anilines is 1. The number of carbonyl (C=O) groups excluding carboxylic acids is 2. The quantitative estimate of drug-likeness (QED) is 0.324. The van der Waals surface area contributed by atoms with Crippen molar-refractivity contribution in [2.24, 2.45) is 5.10 Å². The summed E-state index contributed by atoms with van der Waals surface area (Å²) in [4.78, 5) is 23.8. The van der Waals surface area contributed by atoms with Gasteiger partial charge in [0.15, 0.2) is 0 Å². The maximum Gasteiger partial charge on any atom is 0.249 e. The van der Waals surface area contributed by atoms with Crippen molar-refractivity contribution in [1.29, 1.82) is 5.26 Å². The number of benzene rings is 3. The van der Waals surface area contributed by atoms with Crippen molar-refractivity contribution in [3.05, 3.63) is 95.1 Å². The van der Waals surface area contributed by atoms with Crippen molar-refractivity contribution < 1.29 is 14.3 Å². The van der Waals surface area contributed by atoms with Gasteiger partial charge >= 0.3 is 0 Å². The summed E-state index contributed by atoms with van der Waals surface area (Å²) in [6, 6.07) is 23.8. The fourth-order valence-electron chi connectivity index (χ4n) is 2.77. The summed E-state index contributed by atoms with van der Waals surface area (Å²) in [6.45, 7) is 2.24. The van der Waals surface area contributed by atoms with Gasteiger partial charge in [0.25, 0.3) is 0 Å². The molecule has 160 valence electrons. The highest BCUT2D eigenvalue weighted by atomic mass is 16.5. The molecule has 0 heterocycles. The maximum atomic E-state index is 11.9. The summed E-state index contributed by atoms with van der Waals surface area (Å²) in [5.74, 6) is -0.283. The van der Waals surface area contributed by atoms with Crippen LogP contribution in [0.25, 0.3) is 0 Å². The van der Waals surface area contributed by atoms with Gasteiger partial charge in [0.2, 0.25) is 11.8 Å². The molecule has 0 atom stereocenters. The van der Waals surface area contributed by atoms with Crippen molar-refractivity contribution in [2.45, 2.75) is 20.0 Å². The number of hydrogen-bond acceptors (Lipinski definition) is 5. The van der Waals surface area contributed by atoms with E-state index in [0.717, 1.165) is 16.7 Å². The highest BCUT2D eigenvalue weighted by Crippen LogP contribution is 2.15. The summed E-state index contributed by atoms with van der Waals surface area (Å²) in [6.07, 6.45) is 1.15. The second-order valence-electron chi connectivity index (χ2n) is 7.01. The summed E-state index contributed by atoms with van der Waals surface area (Å²) < 4.78 is 5.72. The fourth-order valence-corrected chi connectivity index (χ4v) is 2.77. The smallest absolute Gasteiger partial charge is 0.249 e. The van der Waals surface area contributed by atoms with Gasteiger partial charge in [-0.25, -0.2) is 5.43 Å². The number of aryl methyl sites for hydroxylation is 1. The van der Waals surface area contributed by atoms with Gasteiger partial charge < -0.3 is 10.1 Å². The third kappa shape index (κ3) is 6.82. The normalized spacial score (nSPS) is 10.4. The molecule has 0 unspecified atom stereocenters. The SMILES string of the molecule is Cc1ccc(NC(=O)CC(=O)NN=Cc2ccc(OCc3ccccc3C#N)cc2)cc1. The zero-order valence-corrected chi connectivity index (χ0v) is 17.5. The van der Waals surface area contributed by atoms with E-state index in [4.69, 9.17) is 10.00 Å². The van der Waals surface area contributed by atoms with E-state index in [1.54, 1.807) is 42.5 Å². The molecule has 3 aromatic rings. The predicted molar refractivity (Wildman–Crippen MR) is 122 cm³/mol. The molecule has 0 aromatic heterocycles. The van der Waals surface area contributed by atoms with Crippen molar-refractivity contribution in [1.82, 2.24) is 5.43 Å². The Balaban J connectivity index is 1.44. The number of rotatable bonds is 8. The Kier molecular flexibility index (Phi) is 7.71. The van der Waals surface area contributed by atoms with E-state index in [0.29, 0.717) is 17.0 Å². The molecule has 0 fully saturated rings. The van der Waals surface area contributed by atoms with Crippen molar-refractivity contribution in [3.8, 4) is 11.8 Å². The van der Waals surface area contributed by atoms with Crippen LogP contribution in [0.15, 0.2) is 77.9 Å². The van der Waals surface area contributed by atoms with Crippen molar-refractivity contribution in [3.63, 3.8) is 0 Å². The van der Waals surface area contributed by atoms with Crippen LogP contribution in [0.1, 0.15) is 28.7 Å². The van der Waals surface area contributed by atoms with Crippen molar-refractivity contribution in [2.75, 3.05) is 5.32 Å². The number of nitriles is 1. The van der Waals surface area contributed by atoms with Crippen LogP contribution in [0.5, 0.6) is 5.75 Å². The topological polar surface area (TPSA) is 104 Å². The van der Waals surface area contributed by atoms with E-state index in [1.165, 1.54) is 6.21 Å². The molecular weight excluding hydrogens is 404 g/mol. The average molecular weight is 426 g/mol. The van der Waals surface area contributed by atoms with Crippen LogP contribution < -0.4 is 15.5 Å². The number of nitrogens with zero attached hydrogens (tertiary/aromatic N) is 2. The molecule has 3 aromatic carbocycles. The molecule has 0 saturated carbocycles. The Morgan fingerprint density at radius 1 is 1.00 bits per heavy atom. The van der Waals surface area contributed by atoms with Gasteiger partial charge in [-0.15, -0.1) is 0 Å². The lowest BCUT2D eigenvalue weighted by Crippen LogP contribution is -2.24. The van der Waals surface area contributed by atoms with Gasteiger partial charge in [0.1, 0.15) is 18.8 Å². The van der Waals surface area contributed by atoms with Crippen LogP contribution in [0.2, 0.25) is 0 Å². The molecule has 0 spiro atoms. The summed E-state index contributed by atoms with van der Waals surface area (Å²) >= 11 is 0. The second kappa shape index (κ2) is 11.1. The minimum Gasteiger partial charge on any atom is -0.489 e. The van der Waals surface area contributed by atoms with Crippen LogP contribution >= 0.6 is 0 Å². The highest BCUT2D eigenvalue weighted by molar-refractivity contribution is 6.03. The lowest BCUT2D eigenvalue weighted by molar-refractivity contribution is -0.126. The number of amides is 2. The van der Waals surface area contributed by atoms with Crippen LogP contribution in [-0.4, -0.2) is 18.0 Å². The average Bonchev–Trinajstić information content (AvgIpc) is 2.80. The van der Waals surface area contributed by atoms with E-state index in [-0.39, 0.29) is 13.0 Å². The predicted octanol–water partition coefficient (Wildman–Crippen LogP) is 3.92. The molecule has 32 heavy (non-hydrogen) atoms. The molecule has 3 rings (SSSR count). The molecule has 0 aliphatic carbocycles. The number of hydrazone groups is 1. The van der Waals surface area contributed by atoms with Crippen molar-refractivity contribution >= 4 is 23.7 Å².